The Labute approximate surface area is 233 Å². The van der Waals surface area contributed by atoms with Crippen molar-refractivity contribution in [1.82, 2.24) is 19.4 Å². The summed E-state index contributed by atoms with van der Waals surface area (Å²) in [5.74, 6) is 0.0250. The normalized spacial score (nSPS) is 17.4. The van der Waals surface area contributed by atoms with Gasteiger partial charge in [-0.05, 0) is 57.4 Å². The molecule has 1 aliphatic carbocycles. The van der Waals surface area contributed by atoms with E-state index in [1.54, 1.807) is 33.3 Å². The van der Waals surface area contributed by atoms with Crippen LogP contribution in [-0.4, -0.2) is 55.4 Å². The van der Waals surface area contributed by atoms with Gasteiger partial charge in [0.2, 0.25) is 0 Å². The van der Waals surface area contributed by atoms with E-state index in [-0.39, 0.29) is 0 Å². The highest BCUT2D eigenvalue weighted by Crippen LogP contribution is 2.44. The Hall–Kier alpha value is -4.05. The van der Waals surface area contributed by atoms with Gasteiger partial charge in [-0.2, -0.15) is 0 Å². The molecule has 39 heavy (non-hydrogen) atoms. The van der Waals surface area contributed by atoms with E-state index in [2.05, 4.69) is 26.1 Å². The molecule has 0 bridgehead atoms. The summed E-state index contributed by atoms with van der Waals surface area (Å²) >= 11 is 3.59. The lowest BCUT2D eigenvalue weighted by atomic mass is 10.0. The van der Waals surface area contributed by atoms with Gasteiger partial charge in [0.05, 0.1) is 11.1 Å². The maximum Gasteiger partial charge on any atom is 0.411 e. The molecule has 0 unspecified atom stereocenters. The van der Waals surface area contributed by atoms with E-state index in [4.69, 9.17) is 14.6 Å². The van der Waals surface area contributed by atoms with Crippen LogP contribution in [0.5, 0.6) is 0 Å². The second-order valence-electron chi connectivity index (χ2n) is 10.5. The molecule has 1 saturated heterocycles. The van der Waals surface area contributed by atoms with Gasteiger partial charge in [-0.25, -0.2) is 19.6 Å². The van der Waals surface area contributed by atoms with Crippen LogP contribution in [0.2, 0.25) is 0 Å². The molecular formula is C29H26BrN5O4. The number of pyridine rings is 1. The average molecular weight is 588 g/mol. The number of carbonyl (C=O) groups is 2. The van der Waals surface area contributed by atoms with E-state index in [1.807, 2.05) is 53.2 Å². The number of amides is 1. The second kappa shape index (κ2) is 9.60. The van der Waals surface area contributed by atoms with E-state index in [0.717, 1.165) is 37.6 Å². The fourth-order valence-corrected chi connectivity index (χ4v) is 5.50. The number of benzene rings is 2. The fourth-order valence-electron chi connectivity index (χ4n) is 5.14. The Bertz CT molecular complexity index is 1640. The molecule has 1 fully saturated rings. The molecule has 2 aromatic heterocycles. The van der Waals surface area contributed by atoms with Crippen LogP contribution in [0.15, 0.2) is 70.8 Å². The lowest BCUT2D eigenvalue weighted by Crippen LogP contribution is -2.43. The molecule has 0 radical (unpaired) electrons. The van der Waals surface area contributed by atoms with Gasteiger partial charge < -0.3 is 9.57 Å². The lowest BCUT2D eigenvalue weighted by molar-refractivity contribution is -0.148. The molecule has 2 aliphatic rings. The van der Waals surface area contributed by atoms with Gasteiger partial charge in [0.15, 0.2) is 0 Å². The van der Waals surface area contributed by atoms with Crippen LogP contribution in [0.1, 0.15) is 44.7 Å². The van der Waals surface area contributed by atoms with E-state index in [9.17, 15) is 9.59 Å². The summed E-state index contributed by atoms with van der Waals surface area (Å²) in [6.45, 7) is 5.81. The smallest absolute Gasteiger partial charge is 0.411 e. The molecule has 2 aromatic carbocycles. The zero-order chi connectivity index (χ0) is 27.3. The summed E-state index contributed by atoms with van der Waals surface area (Å²) in [7, 11) is 0. The Morgan fingerprint density at radius 2 is 1.90 bits per heavy atom. The molecule has 10 heteroatoms. The minimum atomic E-state index is -0.765. The van der Waals surface area contributed by atoms with Crippen LogP contribution in [0.25, 0.3) is 27.8 Å². The Morgan fingerprint density at radius 3 is 2.64 bits per heavy atom. The van der Waals surface area contributed by atoms with Crippen molar-refractivity contribution >= 4 is 44.6 Å². The summed E-state index contributed by atoms with van der Waals surface area (Å²) in [5.41, 5.74) is 4.12. The van der Waals surface area contributed by atoms with Crippen molar-refractivity contribution in [3.05, 3.63) is 76.8 Å². The maximum absolute atomic E-state index is 13.3. The van der Waals surface area contributed by atoms with Crippen molar-refractivity contribution in [2.45, 2.75) is 45.3 Å². The molecule has 9 nitrogen and oxygen atoms in total. The van der Waals surface area contributed by atoms with Crippen molar-refractivity contribution in [3.8, 4) is 16.9 Å². The third kappa shape index (κ3) is 4.58. The minimum Gasteiger partial charge on any atom is -0.444 e. The molecule has 6 rings (SSSR count). The van der Waals surface area contributed by atoms with Crippen LogP contribution in [-0.2, 0) is 14.4 Å². The third-order valence-electron chi connectivity index (χ3n) is 6.74. The zero-order valence-corrected chi connectivity index (χ0v) is 23.3. The van der Waals surface area contributed by atoms with Gasteiger partial charge in [0.25, 0.3) is 0 Å². The summed E-state index contributed by atoms with van der Waals surface area (Å²) in [4.78, 5) is 42.2. The van der Waals surface area contributed by atoms with Crippen molar-refractivity contribution in [3.63, 3.8) is 0 Å². The zero-order valence-electron chi connectivity index (χ0n) is 21.7. The number of rotatable bonds is 3. The molecular weight excluding hydrogens is 562 g/mol. The molecule has 0 N–H and O–H groups in total. The van der Waals surface area contributed by atoms with Crippen molar-refractivity contribution in [2.75, 3.05) is 6.54 Å². The van der Waals surface area contributed by atoms with Crippen LogP contribution in [0, 0.1) is 0 Å². The summed E-state index contributed by atoms with van der Waals surface area (Å²) < 4.78 is 8.25. The number of nitrogens with zero attached hydrogens (tertiary/aromatic N) is 5. The number of likely N-dealkylation sites (tertiary alicyclic amines) is 1. The molecule has 1 atom stereocenters. The average Bonchev–Trinajstić information content (AvgIpc) is 3.65. The van der Waals surface area contributed by atoms with Crippen molar-refractivity contribution in [1.29, 1.82) is 0 Å². The van der Waals surface area contributed by atoms with Gasteiger partial charge in [-0.1, -0.05) is 45.4 Å². The topological polar surface area (TPSA) is 98.9 Å². The second-order valence-corrected chi connectivity index (χ2v) is 11.5. The number of imidazole rings is 1. The van der Waals surface area contributed by atoms with Crippen molar-refractivity contribution in [2.24, 2.45) is 5.16 Å². The lowest BCUT2D eigenvalue weighted by Gasteiger charge is -2.27. The largest absolute Gasteiger partial charge is 0.444 e. The Balaban J connectivity index is 1.44. The third-order valence-corrected chi connectivity index (χ3v) is 7.24. The standard InChI is InChI=1S/C29H26BrN5O4/c1-29(2,3)38-28(37)35-13-6-9-22(35)27(36)39-33-25-19-8-5-4-7-18(19)23-20-15-17(30)10-11-21(20)32-26(24(23)25)34-14-12-31-16-34/h4-5,7-8,10-12,14-16,22H,6,9,13H2,1-3H3/b33-25+/t22-/m0/s1. The predicted molar refractivity (Wildman–Crippen MR) is 150 cm³/mol. The van der Waals surface area contributed by atoms with Gasteiger partial charge >= 0.3 is 12.1 Å². The number of hydrogen-bond acceptors (Lipinski definition) is 7. The summed E-state index contributed by atoms with van der Waals surface area (Å²) in [5, 5.41) is 5.37. The molecule has 1 aliphatic heterocycles. The first-order valence-electron chi connectivity index (χ1n) is 12.7. The highest BCUT2D eigenvalue weighted by Gasteiger charge is 2.39. The van der Waals surface area contributed by atoms with Crippen molar-refractivity contribution < 1.29 is 19.2 Å². The highest BCUT2D eigenvalue weighted by molar-refractivity contribution is 9.10. The number of aromatic nitrogens is 3. The van der Waals surface area contributed by atoms with E-state index in [0.29, 0.717) is 30.9 Å². The van der Waals surface area contributed by atoms with Crippen LogP contribution in [0.4, 0.5) is 4.79 Å². The van der Waals surface area contributed by atoms with E-state index in [1.165, 1.54) is 4.90 Å². The Kier molecular flexibility index (Phi) is 6.22. The van der Waals surface area contributed by atoms with Gasteiger partial charge in [0.1, 0.15) is 29.5 Å². The van der Waals surface area contributed by atoms with Crippen LogP contribution in [0.3, 0.4) is 0 Å². The highest BCUT2D eigenvalue weighted by atomic mass is 79.9. The molecule has 3 heterocycles. The molecule has 1 amide bonds. The molecule has 198 valence electrons. The SMILES string of the molecule is CC(C)(C)OC(=O)N1CCC[C@H]1C(=O)O/N=C1\c2ccccc2-c2c1c(-n1ccnc1)nc1ccc(Br)cc21. The predicted octanol–water partition coefficient (Wildman–Crippen LogP) is 5.86. The quantitative estimate of drug-likeness (QED) is 0.194. The fraction of sp³-hybridized carbons (Fsp3) is 0.276. The minimum absolute atomic E-state index is 0.423. The van der Waals surface area contributed by atoms with Gasteiger partial charge in [-0.3, -0.25) is 9.47 Å². The first kappa shape index (κ1) is 25.2. The van der Waals surface area contributed by atoms with E-state index >= 15 is 0 Å². The molecule has 4 aromatic rings. The first-order valence-corrected chi connectivity index (χ1v) is 13.5. The molecule has 0 saturated carbocycles. The van der Waals surface area contributed by atoms with E-state index < -0.39 is 23.7 Å². The number of hydrogen-bond donors (Lipinski definition) is 0. The number of halogens is 1. The maximum atomic E-state index is 13.3. The van der Waals surface area contributed by atoms with Gasteiger partial charge in [-0.15, -0.1) is 0 Å². The number of ether oxygens (including phenoxy) is 1. The monoisotopic (exact) mass is 587 g/mol. The summed E-state index contributed by atoms with van der Waals surface area (Å²) in [6, 6.07) is 13.0. The number of oxime groups is 1. The molecule has 0 spiro atoms. The number of carbonyl (C=O) groups excluding carboxylic acids is 2. The van der Waals surface area contributed by atoms with Crippen LogP contribution >= 0.6 is 15.9 Å². The number of fused-ring (bicyclic) bond motifs is 5. The van der Waals surface area contributed by atoms with Crippen LogP contribution < -0.4 is 0 Å². The summed E-state index contributed by atoms with van der Waals surface area (Å²) in [6.07, 6.45) is 5.81. The Morgan fingerprint density at radius 1 is 1.10 bits per heavy atom. The van der Waals surface area contributed by atoms with Gasteiger partial charge in [0, 0.05) is 39.9 Å². The first-order chi connectivity index (χ1) is 18.7.